The van der Waals surface area contributed by atoms with Crippen molar-refractivity contribution in [2.24, 2.45) is 5.90 Å². The molecular formula is C30H28F5N3O6S. The molecule has 1 unspecified atom stereocenters. The third-order valence-corrected chi connectivity index (χ3v) is 9.52. The summed E-state index contributed by atoms with van der Waals surface area (Å²) in [5, 5.41) is 10.5. The molecule has 15 heteroatoms. The average molecular weight is 654 g/mol. The molecule has 2 aliphatic rings. The molecule has 1 amide bonds. The molecule has 0 aliphatic carbocycles. The number of benzene rings is 3. The maximum absolute atomic E-state index is 14.6. The molecule has 0 radical (unpaired) electrons. The monoisotopic (exact) mass is 653 g/mol. The lowest BCUT2D eigenvalue weighted by Crippen LogP contribution is -2.46. The van der Waals surface area contributed by atoms with E-state index in [1.54, 1.807) is 0 Å². The SMILES string of the molecule is NOC(=O)c1ccc(N(Cc2ccc(C3CCOCC3)cc2)C(=O)[C@H]2CCCN2S(=O)c2c(F)c(F)c(F)c(F)c2F)cc1O. The number of rotatable bonds is 8. The van der Waals surface area contributed by atoms with Crippen LogP contribution in [0.15, 0.2) is 47.4 Å². The molecule has 9 nitrogen and oxygen atoms in total. The molecule has 3 aromatic rings. The van der Waals surface area contributed by atoms with Crippen LogP contribution in [0.4, 0.5) is 27.6 Å². The quantitative estimate of drug-likeness (QED) is 0.156. The van der Waals surface area contributed by atoms with Crippen molar-refractivity contribution in [3.63, 3.8) is 0 Å². The Hall–Kier alpha value is -3.92. The zero-order chi connectivity index (χ0) is 32.4. The van der Waals surface area contributed by atoms with E-state index in [1.165, 1.54) is 17.0 Å². The van der Waals surface area contributed by atoms with Gasteiger partial charge in [0, 0.05) is 31.5 Å². The molecule has 2 heterocycles. The molecule has 0 aromatic heterocycles. The lowest BCUT2D eigenvalue weighted by Gasteiger charge is -2.30. The molecule has 5 rings (SSSR count). The van der Waals surface area contributed by atoms with Crippen LogP contribution >= 0.6 is 0 Å². The second-order valence-corrected chi connectivity index (χ2v) is 12.0. The van der Waals surface area contributed by atoms with Gasteiger partial charge < -0.3 is 19.6 Å². The van der Waals surface area contributed by atoms with Gasteiger partial charge in [0.1, 0.15) is 33.2 Å². The largest absolute Gasteiger partial charge is 0.507 e. The molecule has 0 bridgehead atoms. The highest BCUT2D eigenvalue weighted by Crippen LogP contribution is 2.34. The summed E-state index contributed by atoms with van der Waals surface area (Å²) in [6, 6.07) is 9.78. The normalized spacial score (nSPS) is 18.1. The number of hydrogen-bond acceptors (Lipinski definition) is 7. The van der Waals surface area contributed by atoms with E-state index in [2.05, 4.69) is 4.84 Å². The number of carbonyl (C=O) groups is 2. The van der Waals surface area contributed by atoms with E-state index in [0.29, 0.717) is 24.7 Å². The number of ether oxygens (including phenoxy) is 1. The molecule has 3 N–H and O–H groups in total. The van der Waals surface area contributed by atoms with Crippen LogP contribution in [0, 0.1) is 29.1 Å². The summed E-state index contributed by atoms with van der Waals surface area (Å²) < 4.78 is 90.3. The average Bonchev–Trinajstić information content (AvgIpc) is 3.56. The van der Waals surface area contributed by atoms with E-state index in [0.717, 1.165) is 28.8 Å². The van der Waals surface area contributed by atoms with Crippen LogP contribution in [0.1, 0.15) is 53.1 Å². The number of carbonyl (C=O) groups excluding carboxylic acids is 2. The third kappa shape index (κ3) is 6.43. The van der Waals surface area contributed by atoms with Crippen molar-refractivity contribution in [1.29, 1.82) is 0 Å². The predicted octanol–water partition coefficient (Wildman–Crippen LogP) is 4.73. The first-order valence-electron chi connectivity index (χ1n) is 14.0. The summed E-state index contributed by atoms with van der Waals surface area (Å²) in [6.07, 6.45) is 1.98. The van der Waals surface area contributed by atoms with E-state index in [-0.39, 0.29) is 37.2 Å². The van der Waals surface area contributed by atoms with Gasteiger partial charge in [-0.25, -0.2) is 35.3 Å². The molecule has 240 valence electrons. The standard InChI is InChI=1S/C30H28F5N3O6S/c31-23-24(32)26(34)28(27(35)25(23)33)45(42)38-11-1-2-21(38)29(40)37(19-7-8-20(22(39)14-19)30(41)44-36)15-16-3-5-17(6-4-16)18-9-12-43-13-10-18/h3-8,14,18,21,39H,1-2,9-13,15,36H2/t21-,45?/m1/s1. The minimum absolute atomic E-state index is 0.0444. The van der Waals surface area contributed by atoms with Gasteiger partial charge in [-0.05, 0) is 54.9 Å². The Labute approximate surface area is 256 Å². The smallest absolute Gasteiger partial charge is 0.360 e. The number of aromatic hydroxyl groups is 1. The van der Waals surface area contributed by atoms with Gasteiger partial charge in [0.25, 0.3) is 0 Å². The van der Waals surface area contributed by atoms with E-state index in [9.17, 15) is 40.9 Å². The number of phenolic OH excluding ortho intramolecular Hbond substituents is 1. The first kappa shape index (κ1) is 32.5. The first-order chi connectivity index (χ1) is 21.5. The maximum Gasteiger partial charge on any atom is 0.360 e. The Bertz CT molecular complexity index is 1610. The van der Waals surface area contributed by atoms with Crippen LogP contribution in [0.25, 0.3) is 0 Å². The summed E-state index contributed by atoms with van der Waals surface area (Å²) in [5.74, 6) is -8.51. The van der Waals surface area contributed by atoms with Crippen molar-refractivity contribution in [2.75, 3.05) is 24.7 Å². The van der Waals surface area contributed by atoms with Crippen molar-refractivity contribution >= 4 is 28.5 Å². The lowest BCUT2D eigenvalue weighted by atomic mass is 9.91. The molecule has 0 spiro atoms. The van der Waals surface area contributed by atoms with Crippen LogP contribution in [0.3, 0.4) is 0 Å². The maximum atomic E-state index is 14.6. The van der Waals surface area contributed by atoms with Crippen LogP contribution < -0.4 is 10.8 Å². The lowest BCUT2D eigenvalue weighted by molar-refractivity contribution is -0.121. The Balaban J connectivity index is 1.49. The third-order valence-electron chi connectivity index (χ3n) is 7.94. The van der Waals surface area contributed by atoms with E-state index in [1.807, 2.05) is 24.3 Å². The number of nitrogens with zero attached hydrogens (tertiary/aromatic N) is 2. The summed E-state index contributed by atoms with van der Waals surface area (Å²) in [5.41, 5.74) is 1.54. The fraction of sp³-hybridized carbons (Fsp3) is 0.333. The van der Waals surface area contributed by atoms with Crippen molar-refractivity contribution in [1.82, 2.24) is 4.31 Å². The predicted molar refractivity (Wildman–Crippen MR) is 151 cm³/mol. The second-order valence-electron chi connectivity index (χ2n) is 10.6. The number of phenols is 1. The first-order valence-corrected chi connectivity index (χ1v) is 15.1. The fourth-order valence-electron chi connectivity index (χ4n) is 5.55. The van der Waals surface area contributed by atoms with Crippen molar-refractivity contribution in [3.05, 3.63) is 88.2 Å². The fourth-order valence-corrected chi connectivity index (χ4v) is 6.99. The van der Waals surface area contributed by atoms with Gasteiger partial charge in [-0.15, -0.1) is 0 Å². The van der Waals surface area contributed by atoms with Crippen LogP contribution in [-0.4, -0.2) is 51.3 Å². The molecule has 3 aromatic carbocycles. The van der Waals surface area contributed by atoms with E-state index >= 15 is 0 Å². The number of amides is 1. The molecule has 2 atom stereocenters. The topological polar surface area (TPSA) is 122 Å². The minimum atomic E-state index is -2.95. The van der Waals surface area contributed by atoms with E-state index < -0.39 is 68.6 Å². The Morgan fingerprint density at radius 1 is 0.956 bits per heavy atom. The molecule has 2 saturated heterocycles. The van der Waals surface area contributed by atoms with Gasteiger partial charge in [-0.2, -0.15) is 5.90 Å². The number of halogens is 5. The molecule has 45 heavy (non-hydrogen) atoms. The number of nitrogens with two attached hydrogens (primary N) is 1. The van der Waals surface area contributed by atoms with Gasteiger partial charge in [0.15, 0.2) is 23.3 Å². The number of anilines is 1. The van der Waals surface area contributed by atoms with Crippen LogP contribution in [0.5, 0.6) is 5.75 Å². The molecular weight excluding hydrogens is 625 g/mol. The summed E-state index contributed by atoms with van der Waals surface area (Å²) in [4.78, 5) is 29.8. The highest BCUT2D eigenvalue weighted by atomic mass is 32.2. The Morgan fingerprint density at radius 2 is 1.58 bits per heavy atom. The van der Waals surface area contributed by atoms with Crippen molar-refractivity contribution in [2.45, 2.75) is 49.1 Å². The van der Waals surface area contributed by atoms with E-state index in [4.69, 9.17) is 10.6 Å². The Kier molecular flexibility index (Phi) is 9.82. The minimum Gasteiger partial charge on any atom is -0.507 e. The van der Waals surface area contributed by atoms with Crippen molar-refractivity contribution in [3.8, 4) is 5.75 Å². The summed E-state index contributed by atoms with van der Waals surface area (Å²) in [7, 11) is -2.95. The van der Waals surface area contributed by atoms with Crippen LogP contribution in [-0.2, 0) is 31.9 Å². The van der Waals surface area contributed by atoms with Gasteiger partial charge in [0.05, 0.1) is 6.54 Å². The highest BCUT2D eigenvalue weighted by molar-refractivity contribution is 7.82. The summed E-state index contributed by atoms with van der Waals surface area (Å²) in [6.45, 7) is 1.06. The van der Waals surface area contributed by atoms with Crippen molar-refractivity contribution < 1.29 is 50.4 Å². The van der Waals surface area contributed by atoms with Gasteiger partial charge in [-0.1, -0.05) is 24.3 Å². The van der Waals surface area contributed by atoms with Gasteiger partial charge in [0.2, 0.25) is 11.7 Å². The van der Waals surface area contributed by atoms with Gasteiger partial charge in [-0.3, -0.25) is 4.79 Å². The second kappa shape index (κ2) is 13.6. The van der Waals surface area contributed by atoms with Gasteiger partial charge >= 0.3 is 5.97 Å². The molecule has 0 saturated carbocycles. The zero-order valence-corrected chi connectivity index (χ0v) is 24.4. The molecule has 2 aliphatic heterocycles. The van der Waals surface area contributed by atoms with Crippen LogP contribution in [0.2, 0.25) is 0 Å². The number of hydrogen-bond donors (Lipinski definition) is 2. The molecule has 2 fully saturated rings. The Morgan fingerprint density at radius 3 is 2.18 bits per heavy atom. The highest BCUT2D eigenvalue weighted by Gasteiger charge is 2.41. The zero-order valence-electron chi connectivity index (χ0n) is 23.6. The summed E-state index contributed by atoms with van der Waals surface area (Å²) >= 11 is 0.